The molecule has 14 heavy (non-hydrogen) atoms. The molecule has 1 aliphatic carbocycles. The van der Waals surface area contributed by atoms with Gasteiger partial charge in [0.2, 0.25) is 5.91 Å². The van der Waals surface area contributed by atoms with Crippen LogP contribution in [-0.4, -0.2) is 36.6 Å². The molecular weight excluding hydrogens is 178 g/mol. The molecule has 3 nitrogen and oxygen atoms in total. The minimum absolute atomic E-state index is 0.107. The number of rotatable bonds is 4. The van der Waals surface area contributed by atoms with E-state index in [2.05, 4.69) is 6.92 Å². The Bertz CT molecular complexity index is 197. The fourth-order valence-corrected chi connectivity index (χ4v) is 1.72. The number of carbonyl (C=O) groups is 1. The number of likely N-dealkylation sites (N-methyl/N-ethyl adjacent to an activating group) is 1. The van der Waals surface area contributed by atoms with E-state index in [1.807, 2.05) is 25.8 Å². The first-order valence-electron chi connectivity index (χ1n) is 5.38. The van der Waals surface area contributed by atoms with Crippen molar-refractivity contribution in [3.05, 3.63) is 0 Å². The molecule has 0 atom stereocenters. The third kappa shape index (κ3) is 2.98. The number of amides is 1. The van der Waals surface area contributed by atoms with Crippen LogP contribution in [0, 0.1) is 5.92 Å². The molecule has 3 heteroatoms. The van der Waals surface area contributed by atoms with E-state index >= 15 is 0 Å². The first kappa shape index (κ1) is 11.5. The first-order chi connectivity index (χ1) is 6.50. The van der Waals surface area contributed by atoms with Crippen molar-refractivity contribution in [2.24, 2.45) is 5.92 Å². The van der Waals surface area contributed by atoms with Crippen LogP contribution in [0.15, 0.2) is 0 Å². The fraction of sp³-hybridized carbons (Fsp3) is 0.909. The minimum Gasteiger partial charge on any atom is -0.369 e. The monoisotopic (exact) mass is 199 g/mol. The summed E-state index contributed by atoms with van der Waals surface area (Å²) in [5.41, 5.74) is 0. The Morgan fingerprint density at radius 1 is 1.50 bits per heavy atom. The molecule has 0 aliphatic heterocycles. The van der Waals surface area contributed by atoms with Crippen molar-refractivity contribution in [2.75, 3.05) is 13.7 Å². The third-order valence-electron chi connectivity index (χ3n) is 2.83. The molecule has 0 radical (unpaired) electrons. The van der Waals surface area contributed by atoms with Crippen LogP contribution in [0.25, 0.3) is 0 Å². The maximum absolute atomic E-state index is 11.6. The third-order valence-corrected chi connectivity index (χ3v) is 2.83. The summed E-state index contributed by atoms with van der Waals surface area (Å²) in [5, 5.41) is 0. The molecule has 1 aliphatic rings. The molecule has 0 aromatic heterocycles. The number of hydrogen-bond acceptors (Lipinski definition) is 2. The van der Waals surface area contributed by atoms with Gasteiger partial charge in [0.25, 0.3) is 0 Å². The number of carbonyl (C=O) groups excluding carboxylic acids is 1. The summed E-state index contributed by atoms with van der Waals surface area (Å²) in [4.78, 5) is 13.4. The predicted octanol–water partition coefficient (Wildman–Crippen LogP) is 1.67. The van der Waals surface area contributed by atoms with Crippen molar-refractivity contribution in [3.8, 4) is 0 Å². The van der Waals surface area contributed by atoms with Gasteiger partial charge in [-0.05, 0) is 32.6 Å². The van der Waals surface area contributed by atoms with E-state index in [9.17, 15) is 4.79 Å². The highest BCUT2D eigenvalue weighted by atomic mass is 16.5. The first-order valence-corrected chi connectivity index (χ1v) is 5.38. The molecule has 1 saturated carbocycles. The van der Waals surface area contributed by atoms with Crippen molar-refractivity contribution in [1.82, 2.24) is 4.90 Å². The molecule has 0 saturated heterocycles. The highest BCUT2D eigenvalue weighted by Gasteiger charge is 2.31. The Balaban J connectivity index is 2.23. The zero-order chi connectivity index (χ0) is 10.7. The summed E-state index contributed by atoms with van der Waals surface area (Å²) in [7, 11) is 1.88. The predicted molar refractivity (Wildman–Crippen MR) is 56.0 cm³/mol. The molecular formula is C11H21NO2. The topological polar surface area (TPSA) is 29.5 Å². The second kappa shape index (κ2) is 4.78. The minimum atomic E-state index is 0.107. The van der Waals surface area contributed by atoms with Crippen LogP contribution in [0.1, 0.15) is 33.6 Å². The standard InChI is InChI=1S/C11H21NO2/c1-8(2)14-7-11(13)12(4)10-5-9(3)6-10/h8-10H,5-7H2,1-4H3/t9-,10-. The average molecular weight is 199 g/mol. The molecule has 0 heterocycles. The van der Waals surface area contributed by atoms with Gasteiger partial charge in [0, 0.05) is 13.1 Å². The van der Waals surface area contributed by atoms with Crippen LogP contribution in [-0.2, 0) is 9.53 Å². The molecule has 0 N–H and O–H groups in total. The Kier molecular flexibility index (Phi) is 3.93. The molecule has 0 aromatic rings. The van der Waals surface area contributed by atoms with Gasteiger partial charge in [0.15, 0.2) is 0 Å². The molecule has 0 bridgehead atoms. The fourth-order valence-electron chi connectivity index (χ4n) is 1.72. The summed E-state index contributed by atoms with van der Waals surface area (Å²) in [5.74, 6) is 0.886. The van der Waals surface area contributed by atoms with E-state index in [1.165, 1.54) is 0 Å². The number of hydrogen-bond donors (Lipinski definition) is 0. The molecule has 82 valence electrons. The molecule has 0 unspecified atom stereocenters. The van der Waals surface area contributed by atoms with Gasteiger partial charge >= 0.3 is 0 Å². The summed E-state index contributed by atoms with van der Waals surface area (Å²) in [6.07, 6.45) is 2.42. The van der Waals surface area contributed by atoms with Gasteiger partial charge in [-0.3, -0.25) is 4.79 Å². The molecule has 0 aromatic carbocycles. The van der Waals surface area contributed by atoms with Crippen LogP contribution in [0.5, 0.6) is 0 Å². The second-order valence-corrected chi connectivity index (χ2v) is 4.59. The van der Waals surface area contributed by atoms with Crippen LogP contribution in [0.4, 0.5) is 0 Å². The summed E-state index contributed by atoms with van der Waals surface area (Å²) in [6, 6.07) is 0.452. The normalized spacial score (nSPS) is 26.1. The quantitative estimate of drug-likeness (QED) is 0.689. The van der Waals surface area contributed by atoms with Gasteiger partial charge in [-0.25, -0.2) is 0 Å². The average Bonchev–Trinajstić information content (AvgIpc) is 2.07. The van der Waals surface area contributed by atoms with E-state index < -0.39 is 0 Å². The van der Waals surface area contributed by atoms with E-state index in [0.29, 0.717) is 6.04 Å². The Morgan fingerprint density at radius 3 is 2.50 bits per heavy atom. The van der Waals surface area contributed by atoms with Crippen molar-refractivity contribution in [3.63, 3.8) is 0 Å². The van der Waals surface area contributed by atoms with Gasteiger partial charge in [-0.2, -0.15) is 0 Å². The van der Waals surface area contributed by atoms with Gasteiger partial charge in [-0.15, -0.1) is 0 Å². The molecule has 1 rings (SSSR count). The van der Waals surface area contributed by atoms with Crippen molar-refractivity contribution in [1.29, 1.82) is 0 Å². The van der Waals surface area contributed by atoms with E-state index in [0.717, 1.165) is 18.8 Å². The lowest BCUT2D eigenvalue weighted by atomic mass is 9.81. The smallest absolute Gasteiger partial charge is 0.248 e. The zero-order valence-corrected chi connectivity index (χ0v) is 9.62. The highest BCUT2D eigenvalue weighted by Crippen LogP contribution is 2.30. The van der Waals surface area contributed by atoms with E-state index in [-0.39, 0.29) is 18.6 Å². The number of nitrogens with zero attached hydrogens (tertiary/aromatic N) is 1. The summed E-state index contributed by atoms with van der Waals surface area (Å²) >= 11 is 0. The Morgan fingerprint density at radius 2 is 2.07 bits per heavy atom. The summed E-state index contributed by atoms with van der Waals surface area (Å²) in [6.45, 7) is 6.33. The van der Waals surface area contributed by atoms with Gasteiger partial charge in [0.1, 0.15) is 6.61 Å². The molecule has 1 amide bonds. The van der Waals surface area contributed by atoms with Gasteiger partial charge in [-0.1, -0.05) is 6.92 Å². The summed E-state index contributed by atoms with van der Waals surface area (Å²) < 4.78 is 5.28. The molecule has 1 fully saturated rings. The van der Waals surface area contributed by atoms with Crippen LogP contribution in [0.3, 0.4) is 0 Å². The Labute approximate surface area is 86.4 Å². The largest absolute Gasteiger partial charge is 0.369 e. The highest BCUT2D eigenvalue weighted by molar-refractivity contribution is 5.77. The van der Waals surface area contributed by atoms with E-state index in [1.54, 1.807) is 0 Å². The van der Waals surface area contributed by atoms with Crippen LogP contribution >= 0.6 is 0 Å². The van der Waals surface area contributed by atoms with Gasteiger partial charge in [0.05, 0.1) is 6.10 Å². The second-order valence-electron chi connectivity index (χ2n) is 4.59. The number of ether oxygens (including phenoxy) is 1. The lowest BCUT2D eigenvalue weighted by Gasteiger charge is -2.39. The maximum atomic E-state index is 11.6. The van der Waals surface area contributed by atoms with Crippen LogP contribution in [0.2, 0.25) is 0 Å². The van der Waals surface area contributed by atoms with Gasteiger partial charge < -0.3 is 9.64 Å². The van der Waals surface area contributed by atoms with Crippen LogP contribution < -0.4 is 0 Å². The van der Waals surface area contributed by atoms with E-state index in [4.69, 9.17) is 4.74 Å². The Hall–Kier alpha value is -0.570. The zero-order valence-electron chi connectivity index (χ0n) is 9.62. The SMILES string of the molecule is CC(C)OCC(=O)N(C)[C@H]1C[C@H](C)C1. The maximum Gasteiger partial charge on any atom is 0.248 e. The lowest BCUT2D eigenvalue weighted by Crippen LogP contribution is -2.46. The lowest BCUT2D eigenvalue weighted by molar-refractivity contribution is -0.140. The van der Waals surface area contributed by atoms with Crippen molar-refractivity contribution in [2.45, 2.75) is 45.8 Å². The molecule has 0 spiro atoms. The van der Waals surface area contributed by atoms with Crippen molar-refractivity contribution >= 4 is 5.91 Å². The van der Waals surface area contributed by atoms with Crippen molar-refractivity contribution < 1.29 is 9.53 Å².